The Hall–Kier alpha value is -2.62. The first-order valence-corrected chi connectivity index (χ1v) is 7.01. The number of para-hydroxylation sites is 1. The Bertz CT molecular complexity index is 740. The SMILES string of the molecule is CN(CCc1ccccc1)c1nc(N)nc2ccccc12. The molecule has 0 saturated carbocycles. The molecule has 0 atom stereocenters. The van der Waals surface area contributed by atoms with Crippen LogP contribution in [0.2, 0.25) is 0 Å². The number of aromatic nitrogens is 2. The van der Waals surface area contributed by atoms with Crippen molar-refractivity contribution in [1.82, 2.24) is 9.97 Å². The number of anilines is 2. The van der Waals surface area contributed by atoms with Crippen LogP contribution in [0.15, 0.2) is 54.6 Å². The minimum Gasteiger partial charge on any atom is -0.368 e. The summed E-state index contributed by atoms with van der Waals surface area (Å²) < 4.78 is 0. The third-order valence-corrected chi connectivity index (χ3v) is 3.54. The van der Waals surface area contributed by atoms with E-state index in [4.69, 9.17) is 5.73 Å². The summed E-state index contributed by atoms with van der Waals surface area (Å²) in [5.74, 6) is 1.20. The molecule has 2 N–H and O–H groups in total. The van der Waals surface area contributed by atoms with Crippen molar-refractivity contribution in [2.75, 3.05) is 24.2 Å². The van der Waals surface area contributed by atoms with Crippen molar-refractivity contribution >= 4 is 22.7 Å². The lowest BCUT2D eigenvalue weighted by molar-refractivity contribution is 0.863. The fourth-order valence-electron chi connectivity index (χ4n) is 2.42. The van der Waals surface area contributed by atoms with Gasteiger partial charge >= 0.3 is 0 Å². The Morgan fingerprint density at radius 1 is 0.952 bits per heavy atom. The van der Waals surface area contributed by atoms with E-state index >= 15 is 0 Å². The average molecular weight is 278 g/mol. The smallest absolute Gasteiger partial charge is 0.222 e. The van der Waals surface area contributed by atoms with Crippen molar-refractivity contribution in [1.29, 1.82) is 0 Å². The number of benzene rings is 2. The lowest BCUT2D eigenvalue weighted by atomic mass is 10.1. The Balaban J connectivity index is 1.86. The first-order chi connectivity index (χ1) is 10.2. The summed E-state index contributed by atoms with van der Waals surface area (Å²) in [5, 5.41) is 1.03. The van der Waals surface area contributed by atoms with Crippen molar-refractivity contribution in [3.8, 4) is 0 Å². The van der Waals surface area contributed by atoms with E-state index in [0.717, 1.165) is 29.7 Å². The van der Waals surface area contributed by atoms with Crippen LogP contribution >= 0.6 is 0 Å². The standard InChI is InChI=1S/C17H18N4/c1-21(12-11-13-7-3-2-4-8-13)16-14-9-5-6-10-15(14)19-17(18)20-16/h2-10H,11-12H2,1H3,(H2,18,19,20). The van der Waals surface area contributed by atoms with E-state index in [2.05, 4.69) is 39.1 Å². The van der Waals surface area contributed by atoms with Gasteiger partial charge in [-0.05, 0) is 24.1 Å². The maximum Gasteiger partial charge on any atom is 0.222 e. The van der Waals surface area contributed by atoms with E-state index in [-0.39, 0.29) is 0 Å². The van der Waals surface area contributed by atoms with Crippen LogP contribution in [0, 0.1) is 0 Å². The van der Waals surface area contributed by atoms with Crippen molar-refractivity contribution in [3.63, 3.8) is 0 Å². The molecule has 0 amide bonds. The highest BCUT2D eigenvalue weighted by Crippen LogP contribution is 2.23. The summed E-state index contributed by atoms with van der Waals surface area (Å²) in [6.07, 6.45) is 0.968. The van der Waals surface area contributed by atoms with Crippen molar-refractivity contribution < 1.29 is 0 Å². The van der Waals surface area contributed by atoms with Crippen LogP contribution in [0.3, 0.4) is 0 Å². The summed E-state index contributed by atoms with van der Waals surface area (Å²) in [4.78, 5) is 10.8. The first-order valence-electron chi connectivity index (χ1n) is 7.01. The lowest BCUT2D eigenvalue weighted by Gasteiger charge is -2.20. The van der Waals surface area contributed by atoms with Gasteiger partial charge < -0.3 is 10.6 Å². The lowest BCUT2D eigenvalue weighted by Crippen LogP contribution is -2.22. The normalized spacial score (nSPS) is 10.7. The molecule has 1 aromatic heterocycles. The van der Waals surface area contributed by atoms with Crippen LogP contribution in [0.5, 0.6) is 0 Å². The minimum absolute atomic E-state index is 0.315. The molecule has 2 aromatic carbocycles. The molecule has 3 rings (SSSR count). The fourth-order valence-corrected chi connectivity index (χ4v) is 2.42. The second-order valence-electron chi connectivity index (χ2n) is 5.08. The largest absolute Gasteiger partial charge is 0.368 e. The van der Waals surface area contributed by atoms with E-state index in [1.807, 2.05) is 37.4 Å². The number of rotatable bonds is 4. The van der Waals surface area contributed by atoms with E-state index in [0.29, 0.717) is 5.95 Å². The van der Waals surface area contributed by atoms with Gasteiger partial charge in [0.1, 0.15) is 5.82 Å². The maximum absolute atomic E-state index is 5.82. The second-order valence-corrected chi connectivity index (χ2v) is 5.08. The molecule has 0 aliphatic heterocycles. The summed E-state index contributed by atoms with van der Waals surface area (Å²) in [6, 6.07) is 18.4. The molecule has 0 saturated heterocycles. The highest BCUT2D eigenvalue weighted by Gasteiger charge is 2.10. The maximum atomic E-state index is 5.82. The van der Waals surface area contributed by atoms with Gasteiger partial charge in [-0.2, -0.15) is 4.98 Å². The zero-order chi connectivity index (χ0) is 14.7. The highest BCUT2D eigenvalue weighted by molar-refractivity contribution is 5.90. The fraction of sp³-hybridized carbons (Fsp3) is 0.176. The molecule has 4 nitrogen and oxygen atoms in total. The Kier molecular flexibility index (Phi) is 3.69. The van der Waals surface area contributed by atoms with Gasteiger partial charge in [0.25, 0.3) is 0 Å². The molecule has 0 spiro atoms. The molecule has 0 radical (unpaired) electrons. The molecule has 1 heterocycles. The monoisotopic (exact) mass is 278 g/mol. The Labute approximate surface area is 124 Å². The molecular formula is C17H18N4. The molecule has 0 aliphatic rings. The van der Waals surface area contributed by atoms with Gasteiger partial charge in [0.05, 0.1) is 5.52 Å². The number of hydrogen-bond acceptors (Lipinski definition) is 4. The third kappa shape index (κ3) is 2.94. The number of nitrogens with two attached hydrogens (primary N) is 1. The summed E-state index contributed by atoms with van der Waals surface area (Å²) in [5.41, 5.74) is 8.02. The third-order valence-electron chi connectivity index (χ3n) is 3.54. The summed E-state index contributed by atoms with van der Waals surface area (Å²) >= 11 is 0. The topological polar surface area (TPSA) is 55.0 Å². The number of hydrogen-bond donors (Lipinski definition) is 1. The highest BCUT2D eigenvalue weighted by atomic mass is 15.2. The molecule has 106 valence electrons. The minimum atomic E-state index is 0.315. The van der Waals surface area contributed by atoms with Crippen LogP contribution in [0.1, 0.15) is 5.56 Å². The van der Waals surface area contributed by atoms with Gasteiger partial charge in [-0.3, -0.25) is 0 Å². The Morgan fingerprint density at radius 3 is 2.48 bits per heavy atom. The van der Waals surface area contributed by atoms with Crippen LogP contribution in [0.25, 0.3) is 10.9 Å². The van der Waals surface area contributed by atoms with Gasteiger partial charge in [0.2, 0.25) is 5.95 Å². The Morgan fingerprint density at radius 2 is 1.67 bits per heavy atom. The zero-order valence-electron chi connectivity index (χ0n) is 12.0. The molecule has 0 unspecified atom stereocenters. The van der Waals surface area contributed by atoms with E-state index in [9.17, 15) is 0 Å². The first kappa shape index (κ1) is 13.4. The van der Waals surface area contributed by atoms with Crippen molar-refractivity contribution in [2.45, 2.75) is 6.42 Å². The zero-order valence-corrected chi connectivity index (χ0v) is 12.0. The molecule has 21 heavy (non-hydrogen) atoms. The molecule has 0 aliphatic carbocycles. The predicted octanol–water partition coefficient (Wildman–Crippen LogP) is 2.89. The van der Waals surface area contributed by atoms with Gasteiger partial charge in [-0.1, -0.05) is 42.5 Å². The van der Waals surface area contributed by atoms with Crippen molar-refractivity contribution in [3.05, 3.63) is 60.2 Å². The van der Waals surface area contributed by atoms with Crippen LogP contribution < -0.4 is 10.6 Å². The van der Waals surface area contributed by atoms with E-state index in [1.54, 1.807) is 0 Å². The number of nitrogen functional groups attached to an aromatic ring is 1. The predicted molar refractivity (Wildman–Crippen MR) is 87.4 cm³/mol. The molecular weight excluding hydrogens is 260 g/mol. The summed E-state index contributed by atoms with van der Waals surface area (Å²) in [7, 11) is 2.04. The number of fused-ring (bicyclic) bond motifs is 1. The van der Waals surface area contributed by atoms with Crippen molar-refractivity contribution in [2.24, 2.45) is 0 Å². The van der Waals surface area contributed by atoms with Crippen LogP contribution in [-0.4, -0.2) is 23.6 Å². The molecule has 0 bridgehead atoms. The van der Waals surface area contributed by atoms with Gasteiger partial charge in [-0.25, -0.2) is 4.98 Å². The van der Waals surface area contributed by atoms with Gasteiger partial charge in [0.15, 0.2) is 0 Å². The van der Waals surface area contributed by atoms with E-state index < -0.39 is 0 Å². The average Bonchev–Trinajstić information content (AvgIpc) is 2.52. The van der Waals surface area contributed by atoms with Gasteiger partial charge in [0, 0.05) is 19.0 Å². The van der Waals surface area contributed by atoms with Crippen LogP contribution in [0.4, 0.5) is 11.8 Å². The quantitative estimate of drug-likeness (QED) is 0.797. The molecule has 0 fully saturated rings. The molecule has 3 aromatic rings. The number of likely N-dealkylation sites (N-methyl/N-ethyl adjacent to an activating group) is 1. The number of nitrogens with zero attached hydrogens (tertiary/aromatic N) is 3. The van der Waals surface area contributed by atoms with Crippen LogP contribution in [-0.2, 0) is 6.42 Å². The van der Waals surface area contributed by atoms with Gasteiger partial charge in [-0.15, -0.1) is 0 Å². The molecule has 4 heteroatoms. The second kappa shape index (κ2) is 5.79. The van der Waals surface area contributed by atoms with E-state index in [1.165, 1.54) is 5.56 Å². The summed E-state index contributed by atoms with van der Waals surface area (Å²) in [6.45, 7) is 0.879.